The number of aromatic nitrogens is 2. The number of H-pyrrole nitrogens is 1. The van der Waals surface area contributed by atoms with E-state index in [0.717, 1.165) is 37.4 Å². The molecule has 1 fully saturated rings. The number of hydrogen-bond acceptors (Lipinski definition) is 4. The molecule has 1 heterocycles. The van der Waals surface area contributed by atoms with Gasteiger partial charge in [-0.25, -0.2) is 9.36 Å². The number of rotatable bonds is 1. The summed E-state index contributed by atoms with van der Waals surface area (Å²) in [6, 6.07) is 0. The van der Waals surface area contributed by atoms with Crippen LogP contribution in [0.2, 0.25) is 0 Å². The lowest BCUT2D eigenvalue weighted by molar-refractivity contribution is 0.260. The lowest BCUT2D eigenvalue weighted by atomic mass is 10.0. The molecule has 1 N–H and O–H groups in total. The van der Waals surface area contributed by atoms with Gasteiger partial charge in [-0.05, 0) is 12.8 Å². The molecule has 7 heteroatoms. The average molecular weight is 272 g/mol. The maximum absolute atomic E-state index is 13.0. The van der Waals surface area contributed by atoms with Crippen molar-refractivity contribution < 1.29 is 9.18 Å². The van der Waals surface area contributed by atoms with Gasteiger partial charge in [0.05, 0.1) is 6.20 Å². The fourth-order valence-electron chi connectivity index (χ4n) is 1.97. The Morgan fingerprint density at radius 2 is 2.00 bits per heavy atom. The maximum atomic E-state index is 13.0. The first-order valence-electron chi connectivity index (χ1n) is 5.80. The minimum Gasteiger partial charge on any atom is -0.271 e. The highest BCUT2D eigenvalue weighted by Gasteiger charge is 2.20. The van der Waals surface area contributed by atoms with E-state index < -0.39 is 22.3 Å². The third-order valence-electron chi connectivity index (χ3n) is 2.92. The van der Waals surface area contributed by atoms with Gasteiger partial charge in [-0.2, -0.15) is 4.39 Å². The summed E-state index contributed by atoms with van der Waals surface area (Å²) in [5.74, 6) is -1.13. The Hall–Kier alpha value is -1.37. The Morgan fingerprint density at radius 3 is 2.67 bits per heavy atom. The van der Waals surface area contributed by atoms with Crippen LogP contribution in [-0.2, 0) is 0 Å². The number of nitrogens with zero attached hydrogens (tertiary/aromatic N) is 1. The normalized spacial score (nSPS) is 16.7. The van der Waals surface area contributed by atoms with Crippen LogP contribution >= 0.6 is 11.8 Å². The SMILES string of the molecule is O=C(SC1CCCCC1)n1cc(F)c(=O)[nH]c1=O. The van der Waals surface area contributed by atoms with Gasteiger partial charge in [-0.15, -0.1) is 0 Å². The van der Waals surface area contributed by atoms with Crippen molar-refractivity contribution in [2.24, 2.45) is 0 Å². The predicted molar refractivity (Wildman–Crippen MR) is 66.5 cm³/mol. The van der Waals surface area contributed by atoms with E-state index in [4.69, 9.17) is 0 Å². The second-order valence-corrected chi connectivity index (χ2v) is 5.50. The highest BCUT2D eigenvalue weighted by Crippen LogP contribution is 2.28. The first-order chi connectivity index (χ1) is 8.58. The van der Waals surface area contributed by atoms with Gasteiger partial charge in [0.15, 0.2) is 0 Å². The number of thioether (sulfide) groups is 1. The van der Waals surface area contributed by atoms with Gasteiger partial charge in [-0.1, -0.05) is 31.0 Å². The minimum absolute atomic E-state index is 0.174. The van der Waals surface area contributed by atoms with E-state index in [0.29, 0.717) is 10.8 Å². The molecule has 0 aliphatic heterocycles. The zero-order valence-electron chi connectivity index (χ0n) is 9.65. The Labute approximate surface area is 106 Å². The molecule has 0 atom stereocenters. The number of halogens is 1. The highest BCUT2D eigenvalue weighted by atomic mass is 32.2. The fourth-order valence-corrected chi connectivity index (χ4v) is 3.07. The topological polar surface area (TPSA) is 71.9 Å². The molecule has 0 spiro atoms. The van der Waals surface area contributed by atoms with E-state index in [1.54, 1.807) is 4.98 Å². The molecular formula is C11H13FN2O3S. The molecule has 1 aliphatic carbocycles. The van der Waals surface area contributed by atoms with Crippen molar-refractivity contribution in [3.05, 3.63) is 32.9 Å². The summed E-state index contributed by atoms with van der Waals surface area (Å²) in [4.78, 5) is 35.8. The number of aromatic amines is 1. The molecule has 0 aromatic carbocycles. The maximum Gasteiger partial charge on any atom is 0.336 e. The van der Waals surface area contributed by atoms with Crippen LogP contribution in [0.15, 0.2) is 15.8 Å². The quantitative estimate of drug-likeness (QED) is 0.844. The van der Waals surface area contributed by atoms with E-state index >= 15 is 0 Å². The lowest BCUT2D eigenvalue weighted by Gasteiger charge is -2.19. The zero-order chi connectivity index (χ0) is 13.1. The highest BCUT2D eigenvalue weighted by molar-refractivity contribution is 8.14. The Bertz CT molecular complexity index is 560. The van der Waals surface area contributed by atoms with Crippen molar-refractivity contribution in [1.82, 2.24) is 9.55 Å². The van der Waals surface area contributed by atoms with E-state index in [1.807, 2.05) is 0 Å². The number of hydrogen-bond donors (Lipinski definition) is 1. The summed E-state index contributed by atoms with van der Waals surface area (Å²) in [6.45, 7) is 0. The fraction of sp³-hybridized carbons (Fsp3) is 0.545. The van der Waals surface area contributed by atoms with E-state index in [2.05, 4.69) is 0 Å². The third-order valence-corrected chi connectivity index (χ3v) is 4.12. The van der Waals surface area contributed by atoms with Crippen LogP contribution in [0.3, 0.4) is 0 Å². The van der Waals surface area contributed by atoms with E-state index in [9.17, 15) is 18.8 Å². The molecule has 5 nitrogen and oxygen atoms in total. The Kier molecular flexibility index (Phi) is 4.00. The molecule has 1 aliphatic rings. The standard InChI is InChI=1S/C11H13FN2O3S/c12-8-6-14(10(16)13-9(8)15)11(17)18-7-4-2-1-3-5-7/h6-7H,1-5H2,(H,13,15,16). The average Bonchev–Trinajstić information content (AvgIpc) is 2.35. The van der Waals surface area contributed by atoms with Crippen molar-refractivity contribution in [1.29, 1.82) is 0 Å². The van der Waals surface area contributed by atoms with Gasteiger partial charge < -0.3 is 0 Å². The first kappa shape index (κ1) is 13.1. The number of carbonyl (C=O) groups is 1. The van der Waals surface area contributed by atoms with Crippen LogP contribution < -0.4 is 11.2 Å². The van der Waals surface area contributed by atoms with Crippen LogP contribution in [0.5, 0.6) is 0 Å². The Morgan fingerprint density at radius 1 is 1.33 bits per heavy atom. The monoisotopic (exact) mass is 272 g/mol. The molecule has 0 radical (unpaired) electrons. The molecule has 1 aromatic heterocycles. The van der Waals surface area contributed by atoms with E-state index in [-0.39, 0.29) is 5.25 Å². The van der Waals surface area contributed by atoms with Crippen LogP contribution in [0.25, 0.3) is 0 Å². The molecule has 1 saturated carbocycles. The summed E-state index contributed by atoms with van der Waals surface area (Å²) in [5, 5.41) is -0.366. The molecule has 98 valence electrons. The number of nitrogens with one attached hydrogen (secondary N) is 1. The van der Waals surface area contributed by atoms with Crippen LogP contribution in [0.4, 0.5) is 9.18 Å². The summed E-state index contributed by atoms with van der Waals surface area (Å²) in [7, 11) is 0. The largest absolute Gasteiger partial charge is 0.336 e. The van der Waals surface area contributed by atoms with Gasteiger partial charge in [0, 0.05) is 5.25 Å². The van der Waals surface area contributed by atoms with Crippen LogP contribution in [0, 0.1) is 5.82 Å². The van der Waals surface area contributed by atoms with Crippen molar-refractivity contribution in [3.8, 4) is 0 Å². The molecule has 0 saturated heterocycles. The lowest BCUT2D eigenvalue weighted by Crippen LogP contribution is -2.34. The van der Waals surface area contributed by atoms with E-state index in [1.165, 1.54) is 6.42 Å². The van der Waals surface area contributed by atoms with Gasteiger partial charge >= 0.3 is 5.69 Å². The van der Waals surface area contributed by atoms with Crippen molar-refractivity contribution in [3.63, 3.8) is 0 Å². The zero-order valence-corrected chi connectivity index (χ0v) is 10.5. The van der Waals surface area contributed by atoms with Crippen molar-refractivity contribution in [2.45, 2.75) is 37.4 Å². The first-order valence-corrected chi connectivity index (χ1v) is 6.68. The smallest absolute Gasteiger partial charge is 0.271 e. The van der Waals surface area contributed by atoms with Crippen molar-refractivity contribution in [2.75, 3.05) is 0 Å². The molecule has 0 unspecified atom stereocenters. The molecule has 2 rings (SSSR count). The van der Waals surface area contributed by atoms with Gasteiger partial charge in [0.2, 0.25) is 5.82 Å². The number of carbonyl (C=O) groups excluding carboxylic acids is 1. The van der Waals surface area contributed by atoms with Gasteiger partial charge in [0.25, 0.3) is 10.8 Å². The van der Waals surface area contributed by atoms with Gasteiger partial charge in [-0.3, -0.25) is 14.6 Å². The minimum atomic E-state index is -1.13. The molecule has 18 heavy (non-hydrogen) atoms. The molecule has 0 bridgehead atoms. The second kappa shape index (κ2) is 5.51. The van der Waals surface area contributed by atoms with Crippen LogP contribution in [0.1, 0.15) is 32.1 Å². The second-order valence-electron chi connectivity index (χ2n) is 4.25. The summed E-state index contributed by atoms with van der Waals surface area (Å²) in [5.41, 5.74) is -2.00. The van der Waals surface area contributed by atoms with Crippen LogP contribution in [-0.4, -0.2) is 20.0 Å². The third kappa shape index (κ3) is 2.90. The molecule has 0 amide bonds. The Balaban J connectivity index is 2.16. The summed E-state index contributed by atoms with van der Waals surface area (Å²) in [6.07, 6.45) is 5.81. The van der Waals surface area contributed by atoms with Gasteiger partial charge in [0.1, 0.15) is 0 Å². The summed E-state index contributed by atoms with van der Waals surface area (Å²) >= 11 is 1.04. The van der Waals surface area contributed by atoms with Crippen molar-refractivity contribution >= 4 is 17.0 Å². The summed E-state index contributed by atoms with van der Waals surface area (Å²) < 4.78 is 13.7. The molecular weight excluding hydrogens is 259 g/mol. The molecule has 1 aromatic rings. The predicted octanol–water partition coefficient (Wildman–Crippen LogP) is 1.71.